The van der Waals surface area contributed by atoms with Gasteiger partial charge in [0.2, 0.25) is 0 Å². The summed E-state index contributed by atoms with van der Waals surface area (Å²) in [6.07, 6.45) is 7.64. The molecule has 0 aromatic rings. The molecule has 0 bridgehead atoms. The zero-order valence-electron chi connectivity index (χ0n) is 6.40. The fourth-order valence-corrected chi connectivity index (χ4v) is 1.22. The monoisotopic (exact) mass is 174 g/mol. The molecule has 0 aliphatic carbocycles. The highest BCUT2D eigenvalue weighted by atomic mass is 31.0. The molecule has 0 amide bonds. The highest BCUT2D eigenvalue weighted by Crippen LogP contribution is 2.03. The zero-order valence-corrected chi connectivity index (χ0v) is 8.71. The molecule has 2 unspecified atom stereocenters. The van der Waals surface area contributed by atoms with Gasteiger partial charge in [0.25, 0.3) is 0 Å². The lowest BCUT2D eigenvalue weighted by Gasteiger charge is -1.93. The third kappa shape index (κ3) is 8.42. The van der Waals surface area contributed by atoms with Gasteiger partial charge < -0.3 is 0 Å². The van der Waals surface area contributed by atoms with Gasteiger partial charge in [0.1, 0.15) is 0 Å². The Morgan fingerprint density at radius 2 is 1.70 bits per heavy atom. The van der Waals surface area contributed by atoms with E-state index in [2.05, 4.69) is 30.1 Å². The standard InChI is InChI=1S/C8H16P2/c9-7-5-3-1-2-4-6-8-10/h1-5,7,9-10H2. The third-order valence-electron chi connectivity index (χ3n) is 1.36. The molecule has 0 heterocycles. The van der Waals surface area contributed by atoms with E-state index < -0.39 is 0 Å². The fraction of sp³-hybridized carbons (Fsp3) is 0.750. The molecule has 0 aromatic carbocycles. The Bertz CT molecular complexity index is 110. The van der Waals surface area contributed by atoms with Crippen molar-refractivity contribution in [1.82, 2.24) is 0 Å². The van der Waals surface area contributed by atoms with E-state index in [0.717, 1.165) is 6.42 Å². The Balaban J connectivity index is 2.82. The topological polar surface area (TPSA) is 0 Å². The van der Waals surface area contributed by atoms with E-state index in [0.29, 0.717) is 0 Å². The van der Waals surface area contributed by atoms with Crippen LogP contribution < -0.4 is 0 Å². The summed E-state index contributed by atoms with van der Waals surface area (Å²) >= 11 is 0. The highest BCUT2D eigenvalue weighted by molar-refractivity contribution is 7.23. The summed E-state index contributed by atoms with van der Waals surface area (Å²) in [7, 11) is 5.18. The number of hydrogen-bond donors (Lipinski definition) is 0. The molecule has 0 saturated carbocycles. The lowest BCUT2D eigenvalue weighted by molar-refractivity contribution is 0.683. The van der Waals surface area contributed by atoms with Crippen molar-refractivity contribution < 1.29 is 0 Å². The Morgan fingerprint density at radius 3 is 2.30 bits per heavy atom. The Morgan fingerprint density at radius 1 is 1.00 bits per heavy atom. The zero-order chi connectivity index (χ0) is 7.66. The van der Waals surface area contributed by atoms with Crippen LogP contribution in [0.1, 0.15) is 32.1 Å². The maximum absolute atomic E-state index is 3.03. The van der Waals surface area contributed by atoms with Crippen LogP contribution in [0.3, 0.4) is 0 Å². The van der Waals surface area contributed by atoms with E-state index >= 15 is 0 Å². The quantitative estimate of drug-likeness (QED) is 0.341. The van der Waals surface area contributed by atoms with Crippen LogP contribution >= 0.6 is 18.5 Å². The maximum Gasteiger partial charge on any atom is 0.00919 e. The van der Waals surface area contributed by atoms with Gasteiger partial charge in [-0.3, -0.25) is 0 Å². The van der Waals surface area contributed by atoms with Crippen LogP contribution in [0.25, 0.3) is 0 Å². The molecule has 2 heteroatoms. The predicted molar refractivity (Wildman–Crippen MR) is 55.1 cm³/mol. The molecule has 0 aromatic heterocycles. The molecule has 0 nitrogen and oxygen atoms in total. The molecule has 0 radical (unpaired) electrons. The third-order valence-corrected chi connectivity index (χ3v) is 1.97. The Labute approximate surface area is 69.0 Å². The molecule has 0 aliphatic heterocycles. The van der Waals surface area contributed by atoms with Gasteiger partial charge in [-0.15, -0.1) is 9.24 Å². The van der Waals surface area contributed by atoms with Gasteiger partial charge in [-0.2, -0.15) is 0 Å². The van der Waals surface area contributed by atoms with Gasteiger partial charge in [-0.1, -0.05) is 33.7 Å². The van der Waals surface area contributed by atoms with E-state index in [1.165, 1.54) is 31.8 Å². The SMILES string of the molecule is PC#CCCCCCCP. The van der Waals surface area contributed by atoms with Crippen molar-refractivity contribution in [3.05, 3.63) is 0 Å². The van der Waals surface area contributed by atoms with Crippen LogP contribution in [0.4, 0.5) is 0 Å². The van der Waals surface area contributed by atoms with Gasteiger partial charge in [-0.25, -0.2) is 0 Å². The van der Waals surface area contributed by atoms with Crippen LogP contribution in [-0.4, -0.2) is 6.16 Å². The highest BCUT2D eigenvalue weighted by Gasteiger charge is 1.85. The van der Waals surface area contributed by atoms with Gasteiger partial charge in [0, 0.05) is 6.42 Å². The first-order chi connectivity index (χ1) is 4.91. The second kappa shape index (κ2) is 9.42. The van der Waals surface area contributed by atoms with E-state index in [9.17, 15) is 0 Å². The number of unbranched alkanes of at least 4 members (excludes halogenated alkanes) is 4. The van der Waals surface area contributed by atoms with Crippen molar-refractivity contribution in [1.29, 1.82) is 0 Å². The molecular formula is C8H16P2. The molecule has 10 heavy (non-hydrogen) atoms. The van der Waals surface area contributed by atoms with Crippen LogP contribution in [0.2, 0.25) is 0 Å². The van der Waals surface area contributed by atoms with Crippen molar-refractivity contribution in [3.8, 4) is 11.6 Å². The molecule has 0 rings (SSSR count). The van der Waals surface area contributed by atoms with Crippen molar-refractivity contribution in [2.45, 2.75) is 32.1 Å². The lowest BCUT2D eigenvalue weighted by Crippen LogP contribution is -1.77. The molecule has 58 valence electrons. The molecular weight excluding hydrogens is 158 g/mol. The van der Waals surface area contributed by atoms with E-state index in [1.54, 1.807) is 0 Å². The summed E-state index contributed by atoms with van der Waals surface area (Å²) in [5, 5.41) is 0. The van der Waals surface area contributed by atoms with Crippen molar-refractivity contribution in [3.63, 3.8) is 0 Å². The largest absolute Gasteiger partial charge is 0.138 e. The smallest absolute Gasteiger partial charge is 0.00919 e. The maximum atomic E-state index is 3.03. The molecule has 2 atom stereocenters. The summed E-state index contributed by atoms with van der Waals surface area (Å²) in [6, 6.07) is 0. The van der Waals surface area contributed by atoms with E-state index in [1.807, 2.05) is 0 Å². The molecule has 0 spiro atoms. The average Bonchev–Trinajstić information content (AvgIpc) is 1.97. The summed E-state index contributed by atoms with van der Waals surface area (Å²) < 4.78 is 0. The van der Waals surface area contributed by atoms with Crippen LogP contribution in [-0.2, 0) is 0 Å². The molecule has 0 aliphatic rings. The van der Waals surface area contributed by atoms with E-state index in [-0.39, 0.29) is 0 Å². The summed E-state index contributed by atoms with van der Waals surface area (Å²) in [6.45, 7) is 0. The second-order valence-electron chi connectivity index (χ2n) is 2.27. The van der Waals surface area contributed by atoms with Crippen LogP contribution in [0.5, 0.6) is 0 Å². The predicted octanol–water partition coefficient (Wildman–Crippen LogP) is 2.65. The minimum atomic E-state index is 1.07. The van der Waals surface area contributed by atoms with Gasteiger partial charge >= 0.3 is 0 Å². The molecule has 0 fully saturated rings. The second-order valence-corrected chi connectivity index (χ2v) is 3.14. The van der Waals surface area contributed by atoms with Gasteiger partial charge in [0.05, 0.1) is 0 Å². The number of hydrogen-bond acceptors (Lipinski definition) is 0. The number of rotatable bonds is 5. The summed E-state index contributed by atoms with van der Waals surface area (Å²) in [5.41, 5.74) is 2.82. The molecule has 0 N–H and O–H groups in total. The van der Waals surface area contributed by atoms with Gasteiger partial charge in [0.15, 0.2) is 0 Å². The minimum Gasteiger partial charge on any atom is -0.138 e. The Kier molecular flexibility index (Phi) is 9.82. The van der Waals surface area contributed by atoms with Crippen molar-refractivity contribution >= 4 is 18.5 Å². The summed E-state index contributed by atoms with van der Waals surface area (Å²) in [5.74, 6) is 3.03. The normalized spacial score (nSPS) is 8.60. The lowest BCUT2D eigenvalue weighted by atomic mass is 10.2. The first-order valence-corrected chi connectivity index (χ1v) is 5.19. The molecule has 0 saturated heterocycles. The fourth-order valence-electron chi connectivity index (χ4n) is 0.783. The van der Waals surface area contributed by atoms with E-state index in [4.69, 9.17) is 0 Å². The Hall–Kier alpha value is 0.420. The van der Waals surface area contributed by atoms with Crippen LogP contribution in [0.15, 0.2) is 0 Å². The first-order valence-electron chi connectivity index (χ1n) is 3.80. The van der Waals surface area contributed by atoms with Gasteiger partial charge in [-0.05, 0) is 19.0 Å². The van der Waals surface area contributed by atoms with Crippen LogP contribution in [0, 0.1) is 11.6 Å². The first kappa shape index (κ1) is 10.4. The van der Waals surface area contributed by atoms with Crippen molar-refractivity contribution in [2.75, 3.05) is 6.16 Å². The average molecular weight is 174 g/mol. The van der Waals surface area contributed by atoms with Crippen molar-refractivity contribution in [2.24, 2.45) is 0 Å². The minimum absolute atomic E-state index is 1.07. The summed E-state index contributed by atoms with van der Waals surface area (Å²) in [4.78, 5) is 0.